The van der Waals surface area contributed by atoms with E-state index in [1.807, 2.05) is 0 Å². The minimum absolute atomic E-state index is 0.00748. The zero-order chi connectivity index (χ0) is 13.2. The van der Waals surface area contributed by atoms with Gasteiger partial charge in [-0.15, -0.1) is 0 Å². The van der Waals surface area contributed by atoms with E-state index in [9.17, 15) is 13.2 Å². The molecule has 1 saturated heterocycles. The lowest BCUT2D eigenvalue weighted by molar-refractivity contribution is -0.144. The maximum Gasteiger partial charge on any atom is 0.451 e. The Morgan fingerprint density at radius 3 is 2.83 bits per heavy atom. The highest BCUT2D eigenvalue weighted by Gasteiger charge is 2.35. The van der Waals surface area contributed by atoms with Gasteiger partial charge in [-0.1, -0.05) is 11.6 Å². The molecule has 100 valence electrons. The Morgan fingerprint density at radius 2 is 2.22 bits per heavy atom. The van der Waals surface area contributed by atoms with Crippen molar-refractivity contribution >= 4 is 17.4 Å². The predicted molar refractivity (Wildman–Crippen MR) is 59.5 cm³/mol. The average molecular weight is 282 g/mol. The van der Waals surface area contributed by atoms with Crippen LogP contribution < -0.4 is 5.32 Å². The van der Waals surface area contributed by atoms with Crippen molar-refractivity contribution in [2.75, 3.05) is 18.5 Å². The molecule has 0 radical (unpaired) electrons. The molecule has 2 heterocycles. The number of nitrogens with zero attached hydrogens (tertiary/aromatic N) is 2. The highest BCUT2D eigenvalue weighted by atomic mass is 35.5. The largest absolute Gasteiger partial charge is 0.451 e. The molecule has 1 aliphatic rings. The van der Waals surface area contributed by atoms with Crippen molar-refractivity contribution in [3.05, 3.63) is 17.0 Å². The first-order chi connectivity index (χ1) is 8.45. The van der Waals surface area contributed by atoms with Gasteiger partial charge < -0.3 is 10.1 Å². The van der Waals surface area contributed by atoms with Crippen LogP contribution >= 0.6 is 11.6 Å². The summed E-state index contributed by atoms with van der Waals surface area (Å²) < 4.78 is 42.7. The van der Waals surface area contributed by atoms with Crippen LogP contribution in [0, 0.1) is 0 Å². The number of hydrogen-bond acceptors (Lipinski definition) is 4. The second kappa shape index (κ2) is 5.27. The molecule has 18 heavy (non-hydrogen) atoms. The van der Waals surface area contributed by atoms with Crippen LogP contribution in [0.3, 0.4) is 0 Å². The molecule has 1 atom stereocenters. The molecule has 0 saturated carbocycles. The summed E-state index contributed by atoms with van der Waals surface area (Å²) in [6.45, 7) is 1.09. The lowest BCUT2D eigenvalue weighted by Gasteiger charge is -2.12. The molecule has 0 amide bonds. The van der Waals surface area contributed by atoms with Crippen LogP contribution in [0.5, 0.6) is 0 Å². The number of alkyl halides is 3. The van der Waals surface area contributed by atoms with Crippen LogP contribution in [0.1, 0.15) is 18.7 Å². The van der Waals surface area contributed by atoms with Gasteiger partial charge in [0.15, 0.2) is 0 Å². The van der Waals surface area contributed by atoms with E-state index in [1.54, 1.807) is 0 Å². The number of ether oxygens (including phenoxy) is 1. The summed E-state index contributed by atoms with van der Waals surface area (Å²) in [7, 11) is 0. The maximum atomic E-state index is 12.5. The lowest BCUT2D eigenvalue weighted by atomic mass is 10.2. The van der Waals surface area contributed by atoms with Gasteiger partial charge in [0.05, 0.1) is 6.10 Å². The molecule has 0 spiro atoms. The van der Waals surface area contributed by atoms with Crippen molar-refractivity contribution in [2.45, 2.75) is 25.1 Å². The summed E-state index contributed by atoms with van der Waals surface area (Å²) in [5, 5.41) is 2.54. The third-order valence-corrected chi connectivity index (χ3v) is 2.68. The molecule has 0 aromatic carbocycles. The third kappa shape index (κ3) is 3.46. The first-order valence-electron chi connectivity index (χ1n) is 5.42. The Morgan fingerprint density at radius 1 is 1.44 bits per heavy atom. The fourth-order valence-corrected chi connectivity index (χ4v) is 1.84. The molecule has 1 aromatic rings. The molecule has 1 aliphatic heterocycles. The Kier molecular flexibility index (Phi) is 3.91. The van der Waals surface area contributed by atoms with Gasteiger partial charge in [0, 0.05) is 19.2 Å². The van der Waals surface area contributed by atoms with E-state index in [1.165, 1.54) is 6.07 Å². The van der Waals surface area contributed by atoms with Crippen molar-refractivity contribution < 1.29 is 17.9 Å². The average Bonchev–Trinajstić information content (AvgIpc) is 2.77. The van der Waals surface area contributed by atoms with E-state index in [0.29, 0.717) is 13.2 Å². The van der Waals surface area contributed by atoms with Gasteiger partial charge in [-0.3, -0.25) is 0 Å². The van der Waals surface area contributed by atoms with Crippen molar-refractivity contribution in [1.29, 1.82) is 0 Å². The summed E-state index contributed by atoms with van der Waals surface area (Å²) in [5.74, 6) is -1.19. The summed E-state index contributed by atoms with van der Waals surface area (Å²) in [6, 6.07) is 1.26. The van der Waals surface area contributed by atoms with Crippen molar-refractivity contribution in [3.8, 4) is 0 Å². The highest BCUT2D eigenvalue weighted by Crippen LogP contribution is 2.28. The number of rotatable bonds is 3. The Bertz CT molecular complexity index is 421. The Labute approximate surface area is 107 Å². The third-order valence-electron chi connectivity index (χ3n) is 2.48. The first-order valence-corrected chi connectivity index (χ1v) is 5.80. The zero-order valence-corrected chi connectivity index (χ0v) is 10.1. The van der Waals surface area contributed by atoms with Crippen LogP contribution in [0.2, 0.25) is 5.15 Å². The molecule has 8 heteroatoms. The molecule has 0 aliphatic carbocycles. The Hall–Kier alpha value is -1.08. The molecule has 1 aromatic heterocycles. The SMILES string of the molecule is FC(F)(F)c1nc(Cl)cc(NCC2CCCO2)n1. The lowest BCUT2D eigenvalue weighted by Crippen LogP contribution is -2.20. The Balaban J connectivity index is 2.05. The quantitative estimate of drug-likeness (QED) is 0.866. The minimum Gasteiger partial charge on any atom is -0.376 e. The summed E-state index contributed by atoms with van der Waals surface area (Å²) in [4.78, 5) is 6.52. The van der Waals surface area contributed by atoms with Crippen molar-refractivity contribution in [1.82, 2.24) is 9.97 Å². The molecule has 0 bridgehead atoms. The van der Waals surface area contributed by atoms with Gasteiger partial charge in [-0.2, -0.15) is 13.2 Å². The van der Waals surface area contributed by atoms with Gasteiger partial charge in [-0.05, 0) is 12.8 Å². The normalized spacial score (nSPS) is 20.1. The molecular formula is C10H11ClF3N3O. The summed E-state index contributed by atoms with van der Waals surface area (Å²) >= 11 is 5.53. The standard InChI is InChI=1S/C10H11ClF3N3O/c11-7-4-8(15-5-6-2-1-3-18-6)17-9(16-7)10(12,13)14/h4,6H,1-3,5H2,(H,15,16,17). The summed E-state index contributed by atoms with van der Waals surface area (Å²) in [5.41, 5.74) is 0. The molecule has 1 fully saturated rings. The minimum atomic E-state index is -4.61. The van der Waals surface area contributed by atoms with E-state index in [-0.39, 0.29) is 17.1 Å². The van der Waals surface area contributed by atoms with E-state index in [0.717, 1.165) is 12.8 Å². The van der Waals surface area contributed by atoms with Crippen LogP contribution in [0.15, 0.2) is 6.07 Å². The number of nitrogens with one attached hydrogen (secondary N) is 1. The predicted octanol–water partition coefficient (Wildman–Crippen LogP) is 2.74. The second-order valence-electron chi connectivity index (χ2n) is 3.91. The van der Waals surface area contributed by atoms with Gasteiger partial charge in [0.25, 0.3) is 0 Å². The molecular weight excluding hydrogens is 271 g/mol. The second-order valence-corrected chi connectivity index (χ2v) is 4.30. The monoisotopic (exact) mass is 281 g/mol. The van der Waals surface area contributed by atoms with Crippen molar-refractivity contribution in [3.63, 3.8) is 0 Å². The van der Waals surface area contributed by atoms with E-state index < -0.39 is 12.0 Å². The summed E-state index contributed by atoms with van der Waals surface area (Å²) in [6.07, 6.45) is -2.75. The van der Waals surface area contributed by atoms with Crippen LogP contribution in [0.4, 0.5) is 19.0 Å². The van der Waals surface area contributed by atoms with E-state index in [4.69, 9.17) is 16.3 Å². The topological polar surface area (TPSA) is 47.0 Å². The van der Waals surface area contributed by atoms with Gasteiger partial charge in [0.2, 0.25) is 5.82 Å². The number of hydrogen-bond donors (Lipinski definition) is 1. The number of halogens is 4. The fraction of sp³-hybridized carbons (Fsp3) is 0.600. The smallest absolute Gasteiger partial charge is 0.376 e. The number of anilines is 1. The van der Waals surface area contributed by atoms with Crippen LogP contribution in [-0.2, 0) is 10.9 Å². The maximum absolute atomic E-state index is 12.5. The van der Waals surface area contributed by atoms with E-state index in [2.05, 4.69) is 15.3 Å². The van der Waals surface area contributed by atoms with Gasteiger partial charge >= 0.3 is 6.18 Å². The molecule has 4 nitrogen and oxygen atoms in total. The van der Waals surface area contributed by atoms with Crippen molar-refractivity contribution in [2.24, 2.45) is 0 Å². The zero-order valence-electron chi connectivity index (χ0n) is 9.30. The molecule has 2 rings (SSSR count). The van der Waals surface area contributed by atoms with Crippen LogP contribution in [0.25, 0.3) is 0 Å². The van der Waals surface area contributed by atoms with Crippen LogP contribution in [-0.4, -0.2) is 29.2 Å². The first kappa shape index (κ1) is 13.4. The molecule has 1 N–H and O–H groups in total. The fourth-order valence-electron chi connectivity index (χ4n) is 1.66. The number of aromatic nitrogens is 2. The highest BCUT2D eigenvalue weighted by molar-refractivity contribution is 6.29. The van der Waals surface area contributed by atoms with Gasteiger partial charge in [-0.25, -0.2) is 9.97 Å². The molecule has 1 unspecified atom stereocenters. The van der Waals surface area contributed by atoms with E-state index >= 15 is 0 Å². The van der Waals surface area contributed by atoms with Gasteiger partial charge in [0.1, 0.15) is 11.0 Å².